The molecule has 0 aliphatic carbocycles. The van der Waals surface area contributed by atoms with Gasteiger partial charge in [0.1, 0.15) is 5.82 Å². The zero-order valence-electron chi connectivity index (χ0n) is 10.8. The van der Waals surface area contributed by atoms with Crippen LogP contribution < -0.4 is 0 Å². The highest BCUT2D eigenvalue weighted by Crippen LogP contribution is 2.19. The lowest BCUT2D eigenvalue weighted by Crippen LogP contribution is -2.05. The fraction of sp³-hybridized carbons (Fsp3) is 0.188. The molecule has 0 N–H and O–H groups in total. The van der Waals surface area contributed by atoms with E-state index in [0.717, 1.165) is 11.1 Å². The number of carbonyl (C=O) groups is 1. The fourth-order valence-electron chi connectivity index (χ4n) is 1.87. The van der Waals surface area contributed by atoms with E-state index in [9.17, 15) is 9.18 Å². The summed E-state index contributed by atoms with van der Waals surface area (Å²) in [5.74, 6) is -0.383. The van der Waals surface area contributed by atoms with E-state index < -0.39 is 0 Å². The van der Waals surface area contributed by atoms with E-state index in [1.54, 1.807) is 18.2 Å². The molecule has 0 aliphatic heterocycles. The van der Waals surface area contributed by atoms with Gasteiger partial charge in [0.2, 0.25) is 0 Å². The summed E-state index contributed by atoms with van der Waals surface area (Å²) < 4.78 is 13.2. The smallest absolute Gasteiger partial charge is 0.167 e. The van der Waals surface area contributed by atoms with Gasteiger partial charge in [0.15, 0.2) is 5.78 Å². The average molecular weight is 277 g/mol. The molecule has 0 heterocycles. The number of rotatable bonds is 3. The van der Waals surface area contributed by atoms with E-state index in [-0.39, 0.29) is 18.0 Å². The molecule has 0 bridgehead atoms. The highest BCUT2D eigenvalue weighted by molar-refractivity contribution is 6.31. The Hall–Kier alpha value is -1.67. The first-order valence-corrected chi connectivity index (χ1v) is 6.39. The van der Waals surface area contributed by atoms with Crippen molar-refractivity contribution in [1.29, 1.82) is 0 Å². The van der Waals surface area contributed by atoms with Gasteiger partial charge in [0.05, 0.1) is 0 Å². The zero-order valence-corrected chi connectivity index (χ0v) is 11.6. The van der Waals surface area contributed by atoms with Gasteiger partial charge in [-0.1, -0.05) is 29.8 Å². The molecular weight excluding hydrogens is 263 g/mol. The van der Waals surface area contributed by atoms with Gasteiger partial charge in [-0.15, -0.1) is 0 Å². The maximum absolute atomic E-state index is 13.2. The second-order valence-corrected chi connectivity index (χ2v) is 5.04. The standard InChI is InChI=1S/C16H14ClFO/c1-10-4-6-14(18)7-13(10)9-16(19)12-5-3-11(2)15(17)8-12/h3-8H,9H2,1-2H3. The summed E-state index contributed by atoms with van der Waals surface area (Å²) in [5.41, 5.74) is 3.11. The van der Waals surface area contributed by atoms with Crippen molar-refractivity contribution in [3.05, 3.63) is 69.5 Å². The van der Waals surface area contributed by atoms with Crippen molar-refractivity contribution in [1.82, 2.24) is 0 Å². The van der Waals surface area contributed by atoms with E-state index in [4.69, 9.17) is 11.6 Å². The van der Waals surface area contributed by atoms with E-state index >= 15 is 0 Å². The molecule has 0 aliphatic rings. The van der Waals surface area contributed by atoms with Crippen LogP contribution in [0.25, 0.3) is 0 Å². The molecule has 0 fully saturated rings. The van der Waals surface area contributed by atoms with Gasteiger partial charge in [0.25, 0.3) is 0 Å². The fourth-order valence-corrected chi connectivity index (χ4v) is 2.05. The molecule has 0 unspecified atom stereocenters. The van der Waals surface area contributed by atoms with Gasteiger partial charge in [-0.3, -0.25) is 4.79 Å². The molecule has 1 nitrogen and oxygen atoms in total. The first kappa shape index (κ1) is 13.8. The summed E-state index contributed by atoms with van der Waals surface area (Å²) >= 11 is 6.01. The normalized spacial score (nSPS) is 10.5. The molecule has 0 atom stereocenters. The van der Waals surface area contributed by atoms with Crippen LogP contribution in [0.2, 0.25) is 5.02 Å². The van der Waals surface area contributed by atoms with Crippen LogP contribution in [-0.2, 0) is 6.42 Å². The minimum absolute atomic E-state index is 0.0596. The number of Topliss-reactive ketones (excluding diaryl/α,β-unsaturated/α-hetero) is 1. The molecule has 0 aromatic heterocycles. The summed E-state index contributed by atoms with van der Waals surface area (Å²) in [4.78, 5) is 12.2. The molecular formula is C16H14ClFO. The Morgan fingerprint density at radius 2 is 1.79 bits per heavy atom. The molecule has 0 saturated carbocycles. The lowest BCUT2D eigenvalue weighted by atomic mass is 9.99. The van der Waals surface area contributed by atoms with Crippen molar-refractivity contribution in [2.24, 2.45) is 0 Å². The average Bonchev–Trinajstić information content (AvgIpc) is 2.37. The predicted molar refractivity (Wildman–Crippen MR) is 75.4 cm³/mol. The maximum atomic E-state index is 13.2. The minimum Gasteiger partial charge on any atom is -0.294 e. The van der Waals surface area contributed by atoms with Crippen molar-refractivity contribution in [3.8, 4) is 0 Å². The van der Waals surface area contributed by atoms with Gasteiger partial charge >= 0.3 is 0 Å². The van der Waals surface area contributed by atoms with Gasteiger partial charge in [-0.2, -0.15) is 0 Å². The quantitative estimate of drug-likeness (QED) is 0.753. The molecule has 0 saturated heterocycles. The Kier molecular flexibility index (Phi) is 4.01. The van der Waals surface area contributed by atoms with Gasteiger partial charge in [-0.05, 0) is 48.7 Å². The monoisotopic (exact) mass is 276 g/mol. The van der Waals surface area contributed by atoms with Crippen molar-refractivity contribution in [2.75, 3.05) is 0 Å². The lowest BCUT2D eigenvalue weighted by Gasteiger charge is -2.06. The summed E-state index contributed by atoms with van der Waals surface area (Å²) in [7, 11) is 0. The van der Waals surface area contributed by atoms with E-state index in [1.165, 1.54) is 12.1 Å². The lowest BCUT2D eigenvalue weighted by molar-refractivity contribution is 0.0992. The third-order valence-electron chi connectivity index (χ3n) is 3.16. The maximum Gasteiger partial charge on any atom is 0.167 e. The van der Waals surface area contributed by atoms with Gasteiger partial charge in [-0.25, -0.2) is 4.39 Å². The van der Waals surface area contributed by atoms with Crippen LogP contribution in [0.4, 0.5) is 4.39 Å². The van der Waals surface area contributed by atoms with Crippen LogP contribution in [0, 0.1) is 19.7 Å². The van der Waals surface area contributed by atoms with Crippen LogP contribution >= 0.6 is 11.6 Å². The Labute approximate surface area is 117 Å². The van der Waals surface area contributed by atoms with Crippen LogP contribution in [-0.4, -0.2) is 5.78 Å². The SMILES string of the molecule is Cc1ccc(C(=O)Cc2cc(F)ccc2C)cc1Cl. The molecule has 0 amide bonds. The van der Waals surface area contributed by atoms with Crippen molar-refractivity contribution in [3.63, 3.8) is 0 Å². The van der Waals surface area contributed by atoms with Crippen LogP contribution in [0.3, 0.4) is 0 Å². The largest absolute Gasteiger partial charge is 0.294 e. The van der Waals surface area contributed by atoms with E-state index in [2.05, 4.69) is 0 Å². The van der Waals surface area contributed by atoms with Crippen LogP contribution in [0.15, 0.2) is 36.4 Å². The zero-order chi connectivity index (χ0) is 14.0. The number of hydrogen-bond donors (Lipinski definition) is 0. The number of carbonyl (C=O) groups excluding carboxylic acids is 1. The molecule has 0 radical (unpaired) electrons. The number of hydrogen-bond acceptors (Lipinski definition) is 1. The summed E-state index contributed by atoms with van der Waals surface area (Å²) in [6.07, 6.45) is 0.184. The first-order chi connectivity index (χ1) is 8.97. The highest BCUT2D eigenvalue weighted by Gasteiger charge is 2.11. The Morgan fingerprint density at radius 1 is 1.11 bits per heavy atom. The third-order valence-corrected chi connectivity index (χ3v) is 3.56. The number of ketones is 1. The third kappa shape index (κ3) is 3.21. The van der Waals surface area contributed by atoms with Gasteiger partial charge in [0, 0.05) is 17.0 Å². The second kappa shape index (κ2) is 5.54. The van der Waals surface area contributed by atoms with Crippen molar-refractivity contribution < 1.29 is 9.18 Å². The first-order valence-electron chi connectivity index (χ1n) is 6.02. The molecule has 2 aromatic carbocycles. The number of halogens is 2. The molecule has 19 heavy (non-hydrogen) atoms. The summed E-state index contributed by atoms with van der Waals surface area (Å²) in [6, 6.07) is 9.70. The Morgan fingerprint density at radius 3 is 2.47 bits per heavy atom. The van der Waals surface area contributed by atoms with Gasteiger partial charge < -0.3 is 0 Å². The highest BCUT2D eigenvalue weighted by atomic mass is 35.5. The second-order valence-electron chi connectivity index (χ2n) is 4.63. The van der Waals surface area contributed by atoms with Crippen LogP contribution in [0.1, 0.15) is 27.0 Å². The molecule has 2 aromatic rings. The molecule has 3 heteroatoms. The molecule has 0 spiro atoms. The van der Waals surface area contributed by atoms with Crippen LogP contribution in [0.5, 0.6) is 0 Å². The van der Waals surface area contributed by atoms with Crippen molar-refractivity contribution in [2.45, 2.75) is 20.3 Å². The Balaban J connectivity index is 2.25. The Bertz CT molecular complexity index is 635. The molecule has 98 valence electrons. The summed E-state index contributed by atoms with van der Waals surface area (Å²) in [6.45, 7) is 3.75. The van der Waals surface area contributed by atoms with E-state index in [0.29, 0.717) is 16.1 Å². The topological polar surface area (TPSA) is 17.1 Å². The number of benzene rings is 2. The van der Waals surface area contributed by atoms with Crippen molar-refractivity contribution >= 4 is 17.4 Å². The summed E-state index contributed by atoms with van der Waals surface area (Å²) in [5, 5.41) is 0.571. The van der Waals surface area contributed by atoms with E-state index in [1.807, 2.05) is 19.9 Å². The molecule has 2 rings (SSSR count). The number of aryl methyl sites for hydroxylation is 2. The minimum atomic E-state index is -0.324. The predicted octanol–water partition coefficient (Wildman–Crippen LogP) is 4.52.